The standard InChI is InChI=1S/C42H42N6O3.C30H30N4O2.Al.3H/c1-40(2,3)31-16-10-25(11-17-31)34-43-46-37(49-34)28-22-29(38-47-44-35(50-38)26-12-18-32(19-13-26)41(4,5)6)24-30(23-28)39-48-45-36(51-39)27-14-20-33(21-15-27)42(7,8)9;1-29(2,3)23-14-10-19(11-15-23)25-31-33-27(35-25)21-8-7-9-22(18-21)28-34-32-26(36-28)20-12-16-24(17-13-20)30(4,5)6;;;;/h10-24H,1-9H3;7-18H,1-6H3;;;;. The molecule has 0 radical (unpaired) electrons. The maximum atomic E-state index is 6.23. The number of hydrogen-bond donors (Lipinski definition) is 0. The molecule has 446 valence electrons. The normalized spacial score (nSPS) is 12.2. The lowest BCUT2D eigenvalue weighted by Gasteiger charge is -2.18. The van der Waals surface area contributed by atoms with Crippen molar-refractivity contribution in [1.29, 1.82) is 0 Å². The molecule has 12 aromatic rings. The number of rotatable bonds is 10. The average Bonchev–Trinajstić information content (AvgIpc) is 3.17. The van der Waals surface area contributed by atoms with Crippen LogP contribution in [0, 0.1) is 0 Å². The summed E-state index contributed by atoms with van der Waals surface area (Å²) in [7, 11) is 0. The Labute approximate surface area is 524 Å². The molecular weight excluding hydrogens is 1110 g/mol. The minimum absolute atomic E-state index is 0. The monoisotopic (exact) mass is 1190 g/mol. The summed E-state index contributed by atoms with van der Waals surface area (Å²) >= 11 is 0. The minimum atomic E-state index is 0. The Bertz CT molecular complexity index is 3950. The summed E-state index contributed by atoms with van der Waals surface area (Å²) in [4.78, 5) is 0. The van der Waals surface area contributed by atoms with Crippen molar-refractivity contribution in [3.63, 3.8) is 0 Å². The predicted molar refractivity (Wildman–Crippen MR) is 350 cm³/mol. The molecule has 0 atom stereocenters. The third kappa shape index (κ3) is 13.9. The lowest BCUT2D eigenvalue weighted by Crippen LogP contribution is -2.10. The van der Waals surface area contributed by atoms with Gasteiger partial charge in [-0.05, 0) is 152 Å². The molecule has 7 aromatic carbocycles. The van der Waals surface area contributed by atoms with E-state index in [0.29, 0.717) is 75.6 Å². The summed E-state index contributed by atoms with van der Waals surface area (Å²) in [5.74, 6) is 4.03. The number of benzene rings is 7. The summed E-state index contributed by atoms with van der Waals surface area (Å²) in [5.41, 5.74) is 14.2. The summed E-state index contributed by atoms with van der Waals surface area (Å²) in [6.07, 6.45) is 0. The molecule has 0 aliphatic rings. The Kier molecular flexibility index (Phi) is 17.0. The molecule has 5 aromatic heterocycles. The fourth-order valence-corrected chi connectivity index (χ4v) is 9.63. The third-order valence-corrected chi connectivity index (χ3v) is 15.1. The van der Waals surface area contributed by atoms with Gasteiger partial charge in [0, 0.05) is 55.6 Å². The SMILES string of the molecule is CC(C)(C)c1ccc(-c2nnc(-c3cc(-c4nnc(-c5ccc(C(C)(C)C)cc5)o4)cc(-c4nnc(-c5ccc(C(C)(C)C)cc5)o4)c3)o2)cc1.CC(C)(C)c1ccc(-c2nnc(-c3cccc(-c4nnc(-c5ccc(C(C)(C)C)cc5)o4)c3)o2)cc1.[AlH3]. The Morgan fingerprint density at radius 3 is 0.511 bits per heavy atom. The van der Waals surface area contributed by atoms with E-state index in [1.807, 2.05) is 103 Å². The highest BCUT2D eigenvalue weighted by Crippen LogP contribution is 2.38. The summed E-state index contributed by atoms with van der Waals surface area (Å²) in [5, 5.41) is 43.4. The highest BCUT2D eigenvalue weighted by molar-refractivity contribution is 5.76. The lowest BCUT2D eigenvalue weighted by molar-refractivity contribution is 0.578. The molecule has 0 aliphatic carbocycles. The predicted octanol–water partition coefficient (Wildman–Crippen LogP) is 17.3. The van der Waals surface area contributed by atoms with Crippen molar-refractivity contribution < 1.29 is 22.1 Å². The largest absolute Gasteiger partial charge is 0.416 e. The van der Waals surface area contributed by atoms with Gasteiger partial charge >= 0.3 is 0 Å². The van der Waals surface area contributed by atoms with Crippen LogP contribution in [-0.4, -0.2) is 68.3 Å². The van der Waals surface area contributed by atoms with Gasteiger partial charge in [-0.15, -0.1) is 51.0 Å². The van der Waals surface area contributed by atoms with E-state index in [-0.39, 0.29) is 44.4 Å². The number of nitrogens with zero attached hydrogens (tertiary/aromatic N) is 10. The second-order valence-electron chi connectivity index (χ2n) is 27.1. The molecule has 88 heavy (non-hydrogen) atoms. The van der Waals surface area contributed by atoms with Crippen molar-refractivity contribution in [1.82, 2.24) is 51.0 Å². The van der Waals surface area contributed by atoms with Crippen LogP contribution >= 0.6 is 0 Å². The molecule has 0 amide bonds. The van der Waals surface area contributed by atoms with Crippen molar-refractivity contribution in [3.8, 4) is 115 Å². The van der Waals surface area contributed by atoms with Crippen LogP contribution in [0.2, 0.25) is 0 Å². The first-order chi connectivity index (χ1) is 41.2. The molecule has 12 rings (SSSR count). The van der Waals surface area contributed by atoms with E-state index in [2.05, 4.69) is 216 Å². The van der Waals surface area contributed by atoms with Gasteiger partial charge in [-0.25, -0.2) is 0 Å². The zero-order valence-corrected chi connectivity index (χ0v) is 52.1. The van der Waals surface area contributed by atoms with Crippen LogP contribution in [0.15, 0.2) is 186 Å². The Morgan fingerprint density at radius 1 is 0.193 bits per heavy atom. The summed E-state index contributed by atoms with van der Waals surface area (Å²) < 4.78 is 30.7. The number of aromatic nitrogens is 10. The first-order valence-electron chi connectivity index (χ1n) is 29.2. The Morgan fingerprint density at radius 2 is 0.341 bits per heavy atom. The van der Waals surface area contributed by atoms with Gasteiger partial charge in [-0.2, -0.15) is 0 Å². The number of hydrogen-bond acceptors (Lipinski definition) is 15. The molecule has 0 bridgehead atoms. The van der Waals surface area contributed by atoms with Gasteiger partial charge in [0.1, 0.15) is 0 Å². The van der Waals surface area contributed by atoms with Gasteiger partial charge in [0.2, 0.25) is 58.9 Å². The van der Waals surface area contributed by atoms with Gasteiger partial charge < -0.3 is 22.1 Å². The molecule has 0 N–H and O–H groups in total. The van der Waals surface area contributed by atoms with Crippen LogP contribution in [0.3, 0.4) is 0 Å². The van der Waals surface area contributed by atoms with Gasteiger partial charge in [-0.1, -0.05) is 171 Å². The van der Waals surface area contributed by atoms with Crippen LogP contribution < -0.4 is 0 Å². The van der Waals surface area contributed by atoms with E-state index >= 15 is 0 Å². The average molecular weight is 1190 g/mol. The summed E-state index contributed by atoms with van der Waals surface area (Å²) in [6.45, 7) is 32.8. The smallest absolute Gasteiger partial charge is 0.248 e. The van der Waals surface area contributed by atoms with Crippen LogP contribution in [0.5, 0.6) is 0 Å². The Hall–Kier alpha value is -9.23. The lowest BCUT2D eigenvalue weighted by atomic mass is 9.87. The fourth-order valence-electron chi connectivity index (χ4n) is 9.63. The topological polar surface area (TPSA) is 195 Å². The van der Waals surface area contributed by atoms with Crippen molar-refractivity contribution in [3.05, 3.63) is 192 Å². The van der Waals surface area contributed by atoms with E-state index in [0.717, 1.165) is 38.9 Å². The van der Waals surface area contributed by atoms with Gasteiger partial charge in [0.15, 0.2) is 17.4 Å². The molecule has 0 saturated carbocycles. The van der Waals surface area contributed by atoms with Crippen LogP contribution in [-0.2, 0) is 27.1 Å². The first-order valence-corrected chi connectivity index (χ1v) is 29.2. The van der Waals surface area contributed by atoms with Crippen LogP contribution in [0.25, 0.3) is 115 Å². The van der Waals surface area contributed by atoms with Crippen molar-refractivity contribution in [2.75, 3.05) is 0 Å². The van der Waals surface area contributed by atoms with E-state index in [9.17, 15) is 0 Å². The Balaban J connectivity index is 0.000000204. The maximum Gasteiger partial charge on any atom is 0.248 e. The van der Waals surface area contributed by atoms with Gasteiger partial charge in [-0.3, -0.25) is 0 Å². The summed E-state index contributed by atoms with van der Waals surface area (Å²) in [6, 6.07) is 54.3. The molecule has 0 spiro atoms. The first kappa shape index (κ1) is 61.8. The van der Waals surface area contributed by atoms with E-state index in [1.54, 1.807) is 0 Å². The molecule has 5 heterocycles. The fraction of sp³-hybridized carbons (Fsp3) is 0.278. The van der Waals surface area contributed by atoms with Gasteiger partial charge in [0.05, 0.1) is 0 Å². The van der Waals surface area contributed by atoms with Crippen LogP contribution in [0.1, 0.15) is 132 Å². The molecule has 0 unspecified atom stereocenters. The highest BCUT2D eigenvalue weighted by atomic mass is 27.0. The van der Waals surface area contributed by atoms with Gasteiger partial charge in [0.25, 0.3) is 0 Å². The third-order valence-electron chi connectivity index (χ3n) is 15.1. The zero-order chi connectivity index (χ0) is 61.6. The second kappa shape index (κ2) is 24.1. The van der Waals surface area contributed by atoms with Crippen LogP contribution in [0.4, 0.5) is 0 Å². The maximum absolute atomic E-state index is 6.23. The molecule has 0 saturated heterocycles. The van der Waals surface area contributed by atoms with Crippen molar-refractivity contribution in [2.45, 2.75) is 131 Å². The molecule has 16 heteroatoms. The van der Waals surface area contributed by atoms with Crippen molar-refractivity contribution >= 4 is 17.4 Å². The molecule has 0 aliphatic heterocycles. The van der Waals surface area contributed by atoms with Crippen molar-refractivity contribution in [2.24, 2.45) is 0 Å². The highest BCUT2D eigenvalue weighted by Gasteiger charge is 2.24. The van der Waals surface area contributed by atoms with E-state index in [1.165, 1.54) is 27.8 Å². The minimum Gasteiger partial charge on any atom is -0.416 e. The molecule has 0 fully saturated rings. The van der Waals surface area contributed by atoms with E-state index in [4.69, 9.17) is 22.1 Å². The molecule has 15 nitrogen and oxygen atoms in total. The second-order valence-corrected chi connectivity index (χ2v) is 27.1. The van der Waals surface area contributed by atoms with E-state index < -0.39 is 0 Å². The molecular formula is C72H75AlN10O5. The quantitative estimate of drug-likeness (QED) is 0.117. The zero-order valence-electron chi connectivity index (χ0n) is 52.1.